The van der Waals surface area contributed by atoms with Gasteiger partial charge in [0.1, 0.15) is 0 Å². The van der Waals surface area contributed by atoms with Crippen molar-refractivity contribution in [2.24, 2.45) is 0 Å². The average molecular weight is 208 g/mol. The van der Waals surface area contributed by atoms with Crippen LogP contribution in [0, 0.1) is 19.4 Å². The zero-order chi connectivity index (χ0) is 11.4. The molecule has 0 aliphatic rings. The van der Waals surface area contributed by atoms with E-state index in [0.717, 1.165) is 16.8 Å². The van der Waals surface area contributed by atoms with Gasteiger partial charge in [-0.2, -0.15) is 0 Å². The highest BCUT2D eigenvalue weighted by molar-refractivity contribution is 5.78. The molecule has 1 aromatic carbocycles. The molecule has 1 aromatic heterocycles. The monoisotopic (exact) mass is 208 g/mol. The molecule has 0 aliphatic heterocycles. The molecule has 0 spiro atoms. The van der Waals surface area contributed by atoms with E-state index in [9.17, 15) is 0 Å². The summed E-state index contributed by atoms with van der Waals surface area (Å²) in [5.41, 5.74) is 4.23. The van der Waals surface area contributed by atoms with Crippen molar-refractivity contribution in [3.63, 3.8) is 0 Å². The number of aromatic nitrogens is 1. The maximum atomic E-state index is 5.28. The van der Waals surface area contributed by atoms with E-state index in [4.69, 9.17) is 6.42 Å². The molecule has 0 aliphatic carbocycles. The molecule has 0 bridgehead atoms. The minimum Gasteiger partial charge on any atom is -0.315 e. The lowest BCUT2D eigenvalue weighted by molar-refractivity contribution is 1.33. The molecular weight excluding hydrogens is 196 g/mol. The van der Waals surface area contributed by atoms with Gasteiger partial charge in [-0.05, 0) is 24.6 Å². The number of nitrogens with one attached hydrogen (secondary N) is 1. The van der Waals surface area contributed by atoms with Gasteiger partial charge in [0.2, 0.25) is 0 Å². The first-order valence-electron chi connectivity index (χ1n) is 5.04. The number of benzene rings is 1. The second kappa shape index (κ2) is 4.50. The fraction of sp³-hybridized carbons (Fsp3) is 0.0714. The molecule has 2 heteroatoms. The molecule has 78 valence electrons. The standard InChI is InChI=1S/C14H12N2/c1-3-16-14-9-11(2)6-7-13(14)12-5-4-8-15-10-12/h1,4-10,16H,2H3. The van der Waals surface area contributed by atoms with Crippen LogP contribution in [0.1, 0.15) is 5.56 Å². The van der Waals surface area contributed by atoms with E-state index in [2.05, 4.69) is 22.4 Å². The zero-order valence-corrected chi connectivity index (χ0v) is 9.07. The van der Waals surface area contributed by atoms with Crippen LogP contribution in [0.5, 0.6) is 0 Å². The lowest BCUT2D eigenvalue weighted by Crippen LogP contribution is -1.92. The average Bonchev–Trinajstić information content (AvgIpc) is 2.31. The number of rotatable bonds is 2. The van der Waals surface area contributed by atoms with E-state index >= 15 is 0 Å². The van der Waals surface area contributed by atoms with Gasteiger partial charge in [-0.25, -0.2) is 0 Å². The normalized spacial score (nSPS) is 9.50. The highest BCUT2D eigenvalue weighted by Crippen LogP contribution is 2.27. The van der Waals surface area contributed by atoms with Gasteiger partial charge in [0.15, 0.2) is 0 Å². The van der Waals surface area contributed by atoms with Crippen LogP contribution in [0.4, 0.5) is 5.69 Å². The lowest BCUT2D eigenvalue weighted by atomic mass is 10.0. The number of hydrogen-bond donors (Lipinski definition) is 1. The summed E-state index contributed by atoms with van der Waals surface area (Å²) < 4.78 is 0. The van der Waals surface area contributed by atoms with Gasteiger partial charge in [-0.15, -0.1) is 0 Å². The Hall–Kier alpha value is -2.27. The van der Waals surface area contributed by atoms with Gasteiger partial charge in [0.05, 0.1) is 5.69 Å². The maximum absolute atomic E-state index is 5.28. The van der Waals surface area contributed by atoms with Gasteiger partial charge < -0.3 is 5.32 Å². The molecule has 2 rings (SSSR count). The minimum absolute atomic E-state index is 0.940. The quantitative estimate of drug-likeness (QED) is 0.606. The molecule has 16 heavy (non-hydrogen) atoms. The summed E-state index contributed by atoms with van der Waals surface area (Å²) in [7, 11) is 0. The maximum Gasteiger partial charge on any atom is 0.0540 e. The van der Waals surface area contributed by atoms with Crippen LogP contribution >= 0.6 is 0 Å². The van der Waals surface area contributed by atoms with Crippen molar-refractivity contribution >= 4 is 5.69 Å². The molecule has 2 nitrogen and oxygen atoms in total. The van der Waals surface area contributed by atoms with Crippen LogP contribution in [0.3, 0.4) is 0 Å². The Morgan fingerprint density at radius 1 is 1.31 bits per heavy atom. The Morgan fingerprint density at radius 3 is 2.88 bits per heavy atom. The van der Waals surface area contributed by atoms with Gasteiger partial charge in [-0.3, -0.25) is 4.98 Å². The Bertz CT molecular complexity index is 524. The molecule has 0 saturated heterocycles. The fourth-order valence-corrected chi connectivity index (χ4v) is 1.61. The third-order valence-electron chi connectivity index (χ3n) is 2.35. The van der Waals surface area contributed by atoms with E-state index in [-0.39, 0.29) is 0 Å². The fourth-order valence-electron chi connectivity index (χ4n) is 1.61. The number of pyridine rings is 1. The first kappa shape index (κ1) is 10.3. The molecule has 0 fully saturated rings. The number of terminal acetylenes is 1. The van der Waals surface area contributed by atoms with Gasteiger partial charge in [0.25, 0.3) is 0 Å². The minimum atomic E-state index is 0.940. The highest BCUT2D eigenvalue weighted by Gasteiger charge is 2.04. The Kier molecular flexibility index (Phi) is 2.88. The van der Waals surface area contributed by atoms with E-state index < -0.39 is 0 Å². The smallest absolute Gasteiger partial charge is 0.0540 e. The molecule has 0 amide bonds. The van der Waals surface area contributed by atoms with Crippen molar-refractivity contribution in [1.82, 2.24) is 4.98 Å². The number of nitrogens with zero attached hydrogens (tertiary/aromatic N) is 1. The number of aryl methyl sites for hydroxylation is 1. The summed E-state index contributed by atoms with van der Waals surface area (Å²) in [4.78, 5) is 4.11. The third-order valence-corrected chi connectivity index (χ3v) is 2.35. The SMILES string of the molecule is C#CNc1cc(C)ccc1-c1cccnc1. The van der Waals surface area contributed by atoms with Gasteiger partial charge in [0, 0.05) is 29.6 Å². The number of hydrogen-bond acceptors (Lipinski definition) is 2. The van der Waals surface area contributed by atoms with Crippen molar-refractivity contribution in [2.75, 3.05) is 5.32 Å². The van der Waals surface area contributed by atoms with Crippen LogP contribution < -0.4 is 5.32 Å². The van der Waals surface area contributed by atoms with Crippen LogP contribution in [0.15, 0.2) is 42.7 Å². The largest absolute Gasteiger partial charge is 0.315 e. The summed E-state index contributed by atoms with van der Waals surface area (Å²) in [5, 5.41) is 2.92. The predicted octanol–water partition coefficient (Wildman–Crippen LogP) is 3.06. The second-order valence-corrected chi connectivity index (χ2v) is 3.56. The molecular formula is C14H12N2. The molecule has 1 heterocycles. The predicted molar refractivity (Wildman–Crippen MR) is 66.9 cm³/mol. The van der Waals surface area contributed by atoms with Crippen molar-refractivity contribution in [2.45, 2.75) is 6.92 Å². The van der Waals surface area contributed by atoms with E-state index in [1.165, 1.54) is 5.56 Å². The Labute approximate surface area is 95.4 Å². The van der Waals surface area contributed by atoms with E-state index in [1.807, 2.05) is 37.4 Å². The third kappa shape index (κ3) is 2.04. The lowest BCUT2D eigenvalue weighted by Gasteiger charge is -2.09. The molecule has 0 atom stereocenters. The summed E-state index contributed by atoms with van der Waals surface area (Å²) >= 11 is 0. The second-order valence-electron chi connectivity index (χ2n) is 3.56. The first-order chi connectivity index (χ1) is 7.81. The topological polar surface area (TPSA) is 24.9 Å². The molecule has 0 saturated carbocycles. The molecule has 1 N–H and O–H groups in total. The van der Waals surface area contributed by atoms with Crippen molar-refractivity contribution in [3.05, 3.63) is 48.3 Å². The summed E-state index contributed by atoms with van der Waals surface area (Å²) in [6.07, 6.45) is 8.86. The molecule has 2 aromatic rings. The van der Waals surface area contributed by atoms with E-state index in [1.54, 1.807) is 6.20 Å². The van der Waals surface area contributed by atoms with Crippen LogP contribution in [-0.2, 0) is 0 Å². The van der Waals surface area contributed by atoms with Crippen molar-refractivity contribution in [3.8, 4) is 23.6 Å². The van der Waals surface area contributed by atoms with Crippen molar-refractivity contribution in [1.29, 1.82) is 0 Å². The van der Waals surface area contributed by atoms with Crippen LogP contribution in [-0.4, -0.2) is 4.98 Å². The Balaban J connectivity index is 2.53. The summed E-state index contributed by atoms with van der Waals surface area (Å²) in [6, 6.07) is 12.5. The van der Waals surface area contributed by atoms with Gasteiger partial charge in [-0.1, -0.05) is 24.6 Å². The molecule has 0 unspecified atom stereocenters. The van der Waals surface area contributed by atoms with Gasteiger partial charge >= 0.3 is 0 Å². The summed E-state index contributed by atoms with van der Waals surface area (Å²) in [5.74, 6) is 0. The Morgan fingerprint density at radius 2 is 2.19 bits per heavy atom. The summed E-state index contributed by atoms with van der Waals surface area (Å²) in [6.45, 7) is 2.04. The van der Waals surface area contributed by atoms with Crippen molar-refractivity contribution < 1.29 is 0 Å². The molecule has 0 radical (unpaired) electrons. The van der Waals surface area contributed by atoms with Crippen LogP contribution in [0.2, 0.25) is 0 Å². The van der Waals surface area contributed by atoms with E-state index in [0.29, 0.717) is 0 Å². The highest BCUT2D eigenvalue weighted by atomic mass is 14.8. The first-order valence-corrected chi connectivity index (χ1v) is 5.04. The zero-order valence-electron chi connectivity index (χ0n) is 9.07. The number of anilines is 1. The van der Waals surface area contributed by atoms with Crippen LogP contribution in [0.25, 0.3) is 11.1 Å².